The molecule has 6 nitrogen and oxygen atoms in total. The van der Waals surface area contributed by atoms with Crippen LogP contribution in [0.15, 0.2) is 133 Å². The first-order valence-corrected chi connectivity index (χ1v) is 12.7. The third-order valence-electron chi connectivity index (χ3n) is 5.80. The first-order valence-electron chi connectivity index (χ1n) is 12.7. The summed E-state index contributed by atoms with van der Waals surface area (Å²) in [6, 6.07) is 24.9. The average Bonchev–Trinajstić information content (AvgIpc) is 3.56. The Labute approximate surface area is 238 Å². The summed E-state index contributed by atoms with van der Waals surface area (Å²) in [5, 5.41) is 0. The molecule has 0 unspecified atom stereocenters. The van der Waals surface area contributed by atoms with Crippen LogP contribution in [0, 0.1) is 23.7 Å². The summed E-state index contributed by atoms with van der Waals surface area (Å²) in [7, 11) is 1.63. The molecule has 1 aromatic carbocycles. The van der Waals surface area contributed by atoms with E-state index in [1.807, 2.05) is 78.9 Å². The van der Waals surface area contributed by atoms with Crippen molar-refractivity contribution in [3.63, 3.8) is 0 Å². The molecule has 0 fully saturated rings. The van der Waals surface area contributed by atoms with Gasteiger partial charge in [0.25, 0.3) is 0 Å². The van der Waals surface area contributed by atoms with Crippen molar-refractivity contribution in [2.24, 2.45) is 0 Å². The van der Waals surface area contributed by atoms with E-state index in [0.29, 0.717) is 5.75 Å². The average molecular weight is 533 g/mol. The molecule has 41 heavy (non-hydrogen) atoms. The summed E-state index contributed by atoms with van der Waals surface area (Å²) < 4.78 is 11.3. The van der Waals surface area contributed by atoms with Crippen LogP contribution in [0.3, 0.4) is 0 Å². The van der Waals surface area contributed by atoms with Gasteiger partial charge in [0.2, 0.25) is 0 Å². The minimum absolute atomic E-state index is 0.681. The molecule has 6 rings (SSSR count). The van der Waals surface area contributed by atoms with Gasteiger partial charge in [-0.15, -0.1) is 0 Å². The lowest BCUT2D eigenvalue weighted by Crippen LogP contribution is -1.92. The lowest BCUT2D eigenvalue weighted by molar-refractivity contribution is 0.412. The van der Waals surface area contributed by atoms with Crippen LogP contribution in [-0.2, 0) is 0 Å². The molecule has 0 aliphatic rings. The Balaban J connectivity index is 0.000000174. The molecule has 196 valence electrons. The molecular formula is C35H24N4O2. The van der Waals surface area contributed by atoms with Crippen LogP contribution >= 0.6 is 0 Å². The van der Waals surface area contributed by atoms with E-state index in [-0.39, 0.29) is 0 Å². The van der Waals surface area contributed by atoms with E-state index in [1.165, 1.54) is 0 Å². The topological polar surface area (TPSA) is 73.9 Å². The molecular weight excluding hydrogens is 508 g/mol. The van der Waals surface area contributed by atoms with Crippen LogP contribution in [0.2, 0.25) is 0 Å². The van der Waals surface area contributed by atoms with E-state index in [9.17, 15) is 0 Å². The number of para-hydroxylation sites is 1. The summed E-state index contributed by atoms with van der Waals surface area (Å²) >= 11 is 0. The number of ether oxygens (including phenoxy) is 1. The van der Waals surface area contributed by atoms with Crippen LogP contribution in [0.1, 0.15) is 22.3 Å². The molecule has 0 N–H and O–H groups in total. The SMILES string of the molecule is COc1c(C#Cc2ccncc2)cccc1C#Cc1ccncc1.c1cc(-c2ccc(-c3ccncc3)o2)ccn1. The van der Waals surface area contributed by atoms with Gasteiger partial charge in [0.15, 0.2) is 0 Å². The maximum absolute atomic E-state index is 5.80. The second-order valence-corrected chi connectivity index (χ2v) is 8.49. The molecule has 6 heteroatoms. The number of furan rings is 1. The van der Waals surface area contributed by atoms with Gasteiger partial charge in [-0.05, 0) is 72.8 Å². The van der Waals surface area contributed by atoms with Gasteiger partial charge in [-0.2, -0.15) is 0 Å². The number of benzene rings is 1. The maximum atomic E-state index is 5.80. The van der Waals surface area contributed by atoms with Gasteiger partial charge >= 0.3 is 0 Å². The Morgan fingerprint density at radius 1 is 0.488 bits per heavy atom. The van der Waals surface area contributed by atoms with Crippen molar-refractivity contribution in [2.45, 2.75) is 0 Å². The third-order valence-corrected chi connectivity index (χ3v) is 5.80. The van der Waals surface area contributed by atoms with E-state index in [2.05, 4.69) is 43.6 Å². The van der Waals surface area contributed by atoms with E-state index >= 15 is 0 Å². The Hall–Kier alpha value is -5.98. The number of rotatable bonds is 3. The fraction of sp³-hybridized carbons (Fsp3) is 0.0286. The van der Waals surface area contributed by atoms with Crippen LogP contribution in [0.4, 0.5) is 0 Å². The van der Waals surface area contributed by atoms with Crippen molar-refractivity contribution >= 4 is 0 Å². The minimum atomic E-state index is 0.681. The van der Waals surface area contributed by atoms with Gasteiger partial charge in [0.05, 0.1) is 18.2 Å². The molecule has 0 aliphatic carbocycles. The summed E-state index contributed by atoms with van der Waals surface area (Å²) in [6.45, 7) is 0. The summed E-state index contributed by atoms with van der Waals surface area (Å²) in [5.41, 5.74) is 5.47. The molecule has 0 atom stereocenters. The second kappa shape index (κ2) is 13.7. The molecule has 0 spiro atoms. The Kier molecular flexibility index (Phi) is 8.90. The van der Waals surface area contributed by atoms with Gasteiger partial charge in [0, 0.05) is 71.8 Å². The molecule has 0 amide bonds. The van der Waals surface area contributed by atoms with E-state index in [1.54, 1.807) is 56.7 Å². The summed E-state index contributed by atoms with van der Waals surface area (Å²) in [4.78, 5) is 15.9. The first kappa shape index (κ1) is 26.6. The van der Waals surface area contributed by atoms with Crippen LogP contribution in [0.25, 0.3) is 22.6 Å². The highest BCUT2D eigenvalue weighted by molar-refractivity contribution is 5.64. The Morgan fingerprint density at radius 2 is 0.878 bits per heavy atom. The molecule has 6 aromatic rings. The second-order valence-electron chi connectivity index (χ2n) is 8.49. The van der Waals surface area contributed by atoms with Gasteiger partial charge in [0.1, 0.15) is 17.3 Å². The molecule has 5 heterocycles. The first-order chi connectivity index (χ1) is 20.3. The zero-order chi connectivity index (χ0) is 28.1. The number of pyridine rings is 4. The number of methoxy groups -OCH3 is 1. The van der Waals surface area contributed by atoms with E-state index in [0.717, 1.165) is 44.9 Å². The van der Waals surface area contributed by atoms with Crippen LogP contribution < -0.4 is 4.74 Å². The molecule has 0 aliphatic heterocycles. The molecule has 0 radical (unpaired) electrons. The predicted molar refractivity (Wildman–Crippen MR) is 159 cm³/mol. The lowest BCUT2D eigenvalue weighted by Gasteiger charge is -2.05. The monoisotopic (exact) mass is 532 g/mol. The summed E-state index contributed by atoms with van der Waals surface area (Å²) in [6.07, 6.45) is 13.9. The van der Waals surface area contributed by atoms with Crippen molar-refractivity contribution in [3.05, 3.63) is 151 Å². The highest BCUT2D eigenvalue weighted by Gasteiger charge is 2.06. The fourth-order valence-electron chi connectivity index (χ4n) is 3.78. The normalized spacial score (nSPS) is 9.68. The van der Waals surface area contributed by atoms with Crippen LogP contribution in [0.5, 0.6) is 5.75 Å². The Morgan fingerprint density at radius 3 is 1.27 bits per heavy atom. The number of aromatic nitrogens is 4. The highest BCUT2D eigenvalue weighted by Crippen LogP contribution is 2.27. The van der Waals surface area contributed by atoms with Gasteiger partial charge in [-0.1, -0.05) is 29.7 Å². The molecule has 0 bridgehead atoms. The lowest BCUT2D eigenvalue weighted by atomic mass is 10.1. The largest absolute Gasteiger partial charge is 0.494 e. The van der Waals surface area contributed by atoms with Gasteiger partial charge in [-0.25, -0.2) is 0 Å². The predicted octanol–water partition coefficient (Wildman–Crippen LogP) is 6.69. The zero-order valence-corrected chi connectivity index (χ0v) is 22.2. The van der Waals surface area contributed by atoms with Gasteiger partial charge in [-0.3, -0.25) is 19.9 Å². The van der Waals surface area contributed by atoms with Crippen molar-refractivity contribution in [1.29, 1.82) is 0 Å². The fourth-order valence-corrected chi connectivity index (χ4v) is 3.78. The standard InChI is InChI=1S/C21H14N2O.C14H10N2O/c1-24-21-19(7-5-17-9-13-22-14-10-17)3-2-4-20(21)8-6-18-11-15-23-16-12-18;1-2-14(12-5-9-16-10-6-12)17-13(1)11-3-7-15-8-4-11/h2-4,9-16H,1H3;1-10H. The smallest absolute Gasteiger partial charge is 0.150 e. The van der Waals surface area contributed by atoms with E-state index < -0.39 is 0 Å². The Bertz CT molecular complexity index is 1690. The number of nitrogens with zero attached hydrogens (tertiary/aromatic N) is 4. The number of hydrogen-bond donors (Lipinski definition) is 0. The van der Waals surface area contributed by atoms with Gasteiger partial charge < -0.3 is 9.15 Å². The van der Waals surface area contributed by atoms with Crippen molar-refractivity contribution in [2.75, 3.05) is 7.11 Å². The minimum Gasteiger partial charge on any atom is -0.494 e. The molecule has 5 aromatic heterocycles. The van der Waals surface area contributed by atoms with Crippen molar-refractivity contribution < 1.29 is 9.15 Å². The zero-order valence-electron chi connectivity index (χ0n) is 22.2. The maximum Gasteiger partial charge on any atom is 0.150 e. The third kappa shape index (κ3) is 7.32. The highest BCUT2D eigenvalue weighted by atomic mass is 16.5. The summed E-state index contributed by atoms with van der Waals surface area (Å²) in [5.74, 6) is 14.9. The molecule has 0 saturated carbocycles. The molecule has 0 saturated heterocycles. The quantitative estimate of drug-likeness (QED) is 0.237. The van der Waals surface area contributed by atoms with Crippen molar-refractivity contribution in [1.82, 2.24) is 19.9 Å². The number of hydrogen-bond acceptors (Lipinski definition) is 6. The van der Waals surface area contributed by atoms with Crippen molar-refractivity contribution in [3.8, 4) is 52.1 Å². The van der Waals surface area contributed by atoms with Crippen LogP contribution in [-0.4, -0.2) is 27.0 Å². The van der Waals surface area contributed by atoms with E-state index in [4.69, 9.17) is 9.15 Å².